The number of carbonyl (C=O) groups excluding carboxylic acids is 1. The molecule has 1 atom stereocenters. The summed E-state index contributed by atoms with van der Waals surface area (Å²) in [6.45, 7) is 3.27. The molecule has 1 amide bonds. The highest BCUT2D eigenvalue weighted by molar-refractivity contribution is 5.93. The lowest BCUT2D eigenvalue weighted by Gasteiger charge is -2.32. The summed E-state index contributed by atoms with van der Waals surface area (Å²) in [5.74, 6) is -1.29. The first kappa shape index (κ1) is 16.6. The van der Waals surface area contributed by atoms with Gasteiger partial charge in [0.25, 0.3) is 5.91 Å². The van der Waals surface area contributed by atoms with Crippen LogP contribution in [-0.4, -0.2) is 33.9 Å². The van der Waals surface area contributed by atoms with Crippen LogP contribution in [0.5, 0.6) is 0 Å². The van der Waals surface area contributed by atoms with Crippen molar-refractivity contribution in [1.29, 1.82) is 0 Å². The summed E-state index contributed by atoms with van der Waals surface area (Å²) in [5.41, 5.74) is 2.06. The van der Waals surface area contributed by atoms with Crippen molar-refractivity contribution in [2.75, 3.05) is 13.1 Å². The van der Waals surface area contributed by atoms with E-state index in [1.54, 1.807) is 6.07 Å². The number of halogens is 2. The number of nitrogens with zero attached hydrogens (tertiary/aromatic N) is 2. The number of likely N-dealkylation sites (tertiary alicyclic amines) is 1. The van der Waals surface area contributed by atoms with Crippen molar-refractivity contribution in [2.24, 2.45) is 5.92 Å². The van der Waals surface area contributed by atoms with Gasteiger partial charge in [0.05, 0.1) is 6.33 Å². The molecule has 1 saturated heterocycles. The average Bonchev–Trinajstić information content (AvgIpc) is 3.01. The van der Waals surface area contributed by atoms with Gasteiger partial charge < -0.3 is 9.88 Å². The number of imidazole rings is 1. The van der Waals surface area contributed by atoms with E-state index in [1.165, 1.54) is 18.5 Å². The topological polar surface area (TPSA) is 49.0 Å². The second-order valence-corrected chi connectivity index (χ2v) is 6.42. The number of aromatic amines is 1. The fourth-order valence-corrected chi connectivity index (χ4v) is 3.28. The summed E-state index contributed by atoms with van der Waals surface area (Å²) >= 11 is 0. The zero-order chi connectivity index (χ0) is 17.1. The second-order valence-electron chi connectivity index (χ2n) is 6.42. The maximum atomic E-state index is 13.3. The van der Waals surface area contributed by atoms with E-state index in [1.807, 2.05) is 11.8 Å². The van der Waals surface area contributed by atoms with Crippen LogP contribution in [0.15, 0.2) is 24.5 Å². The minimum atomic E-state index is -0.817. The fraction of sp³-hybridized carbons (Fsp3) is 0.444. The van der Waals surface area contributed by atoms with Crippen LogP contribution in [0.1, 0.15) is 41.0 Å². The number of hydrogen-bond acceptors (Lipinski definition) is 2. The highest BCUT2D eigenvalue weighted by Crippen LogP contribution is 2.23. The van der Waals surface area contributed by atoms with Gasteiger partial charge in [-0.2, -0.15) is 0 Å². The van der Waals surface area contributed by atoms with E-state index in [0.717, 1.165) is 37.1 Å². The Hall–Kier alpha value is -2.24. The lowest BCUT2D eigenvalue weighted by molar-refractivity contribution is 0.0662. The minimum absolute atomic E-state index is 0.0359. The number of hydrogen-bond donors (Lipinski definition) is 1. The largest absolute Gasteiger partial charge is 0.348 e. The van der Waals surface area contributed by atoms with E-state index in [9.17, 15) is 13.6 Å². The first-order chi connectivity index (χ1) is 11.5. The van der Waals surface area contributed by atoms with Crippen molar-refractivity contribution in [3.8, 4) is 0 Å². The van der Waals surface area contributed by atoms with Gasteiger partial charge in [-0.05, 0) is 56.2 Å². The first-order valence-corrected chi connectivity index (χ1v) is 8.27. The standard InChI is InChI=1S/C18H21F2N3O/c1-12-17(22-11-21-12)18(24)23-8-2-3-14(10-23)5-4-13-6-7-15(19)16(20)9-13/h6-7,9,11,14H,2-5,8,10H2,1H3,(H,21,22)/t14-/m1/s1. The van der Waals surface area contributed by atoms with E-state index in [4.69, 9.17) is 0 Å². The van der Waals surface area contributed by atoms with Crippen molar-refractivity contribution in [3.63, 3.8) is 0 Å². The van der Waals surface area contributed by atoms with Crippen molar-refractivity contribution >= 4 is 5.91 Å². The number of H-pyrrole nitrogens is 1. The first-order valence-electron chi connectivity index (χ1n) is 8.27. The summed E-state index contributed by atoms with van der Waals surface area (Å²) in [5, 5.41) is 0. The lowest BCUT2D eigenvalue weighted by atomic mass is 9.91. The number of nitrogens with one attached hydrogen (secondary N) is 1. The fourth-order valence-electron chi connectivity index (χ4n) is 3.28. The molecule has 0 saturated carbocycles. The van der Waals surface area contributed by atoms with E-state index in [-0.39, 0.29) is 5.91 Å². The van der Waals surface area contributed by atoms with Gasteiger partial charge in [0, 0.05) is 18.8 Å². The molecule has 3 rings (SSSR count). The number of piperidine rings is 1. The maximum absolute atomic E-state index is 13.3. The Balaban J connectivity index is 1.58. The van der Waals surface area contributed by atoms with Crippen LogP contribution in [0.3, 0.4) is 0 Å². The molecular formula is C18H21F2N3O. The molecule has 0 unspecified atom stereocenters. The number of aromatic nitrogens is 2. The Labute approximate surface area is 139 Å². The Kier molecular flexibility index (Phi) is 4.92. The van der Waals surface area contributed by atoms with Crippen LogP contribution in [0.2, 0.25) is 0 Å². The molecule has 2 aromatic rings. The molecule has 1 aromatic carbocycles. The summed E-state index contributed by atoms with van der Waals surface area (Å²) < 4.78 is 26.2. The second kappa shape index (κ2) is 7.11. The Morgan fingerprint density at radius 3 is 2.92 bits per heavy atom. The zero-order valence-corrected chi connectivity index (χ0v) is 13.7. The molecule has 1 aliphatic rings. The van der Waals surface area contributed by atoms with Gasteiger partial charge in [-0.3, -0.25) is 4.79 Å². The van der Waals surface area contributed by atoms with Crippen LogP contribution in [0.4, 0.5) is 8.78 Å². The molecule has 0 bridgehead atoms. The summed E-state index contributed by atoms with van der Waals surface area (Å²) in [6, 6.07) is 4.05. The van der Waals surface area contributed by atoms with Crippen molar-refractivity contribution in [3.05, 3.63) is 53.1 Å². The van der Waals surface area contributed by atoms with Crippen LogP contribution < -0.4 is 0 Å². The van der Waals surface area contributed by atoms with Crippen molar-refractivity contribution in [1.82, 2.24) is 14.9 Å². The van der Waals surface area contributed by atoms with Gasteiger partial charge in [-0.1, -0.05) is 6.07 Å². The molecule has 1 aromatic heterocycles. The molecule has 1 N–H and O–H groups in total. The van der Waals surface area contributed by atoms with Crippen LogP contribution in [0, 0.1) is 24.5 Å². The molecular weight excluding hydrogens is 312 g/mol. The van der Waals surface area contributed by atoms with E-state index in [2.05, 4.69) is 9.97 Å². The van der Waals surface area contributed by atoms with Crippen molar-refractivity contribution < 1.29 is 13.6 Å². The zero-order valence-electron chi connectivity index (χ0n) is 13.7. The quantitative estimate of drug-likeness (QED) is 0.931. The van der Waals surface area contributed by atoms with Gasteiger partial charge >= 0.3 is 0 Å². The van der Waals surface area contributed by atoms with Crippen LogP contribution >= 0.6 is 0 Å². The summed E-state index contributed by atoms with van der Waals surface area (Å²) in [4.78, 5) is 21.4. The third-order valence-corrected chi connectivity index (χ3v) is 4.66. The Morgan fingerprint density at radius 1 is 1.38 bits per heavy atom. The van der Waals surface area contributed by atoms with Gasteiger partial charge in [0.2, 0.25) is 0 Å². The number of rotatable bonds is 4. The molecule has 0 spiro atoms. The summed E-state index contributed by atoms with van der Waals surface area (Å²) in [7, 11) is 0. The molecule has 1 fully saturated rings. The minimum Gasteiger partial charge on any atom is -0.348 e. The van der Waals surface area contributed by atoms with E-state index in [0.29, 0.717) is 24.6 Å². The molecule has 2 heterocycles. The third kappa shape index (κ3) is 3.63. The highest BCUT2D eigenvalue weighted by atomic mass is 19.2. The SMILES string of the molecule is Cc1[nH]cnc1C(=O)N1CCC[C@H](CCc2ccc(F)c(F)c2)C1. The van der Waals surface area contributed by atoms with Gasteiger partial charge in [0.15, 0.2) is 11.6 Å². The van der Waals surface area contributed by atoms with Gasteiger partial charge in [0.1, 0.15) is 5.69 Å². The van der Waals surface area contributed by atoms with Crippen LogP contribution in [-0.2, 0) is 6.42 Å². The van der Waals surface area contributed by atoms with E-state index >= 15 is 0 Å². The Morgan fingerprint density at radius 2 is 2.21 bits per heavy atom. The lowest BCUT2D eigenvalue weighted by Crippen LogP contribution is -2.40. The number of benzene rings is 1. The molecule has 6 heteroatoms. The van der Waals surface area contributed by atoms with Crippen LogP contribution in [0.25, 0.3) is 0 Å². The molecule has 4 nitrogen and oxygen atoms in total. The molecule has 128 valence electrons. The number of amides is 1. The molecule has 0 aliphatic carbocycles. The monoisotopic (exact) mass is 333 g/mol. The predicted octanol–water partition coefficient (Wildman–Crippen LogP) is 3.48. The predicted molar refractivity (Wildman–Crippen MR) is 86.6 cm³/mol. The third-order valence-electron chi connectivity index (χ3n) is 4.66. The normalized spacial score (nSPS) is 18.0. The van der Waals surface area contributed by atoms with Gasteiger partial charge in [-0.15, -0.1) is 0 Å². The number of aryl methyl sites for hydroxylation is 2. The smallest absolute Gasteiger partial charge is 0.274 e. The van der Waals surface area contributed by atoms with Crippen molar-refractivity contribution in [2.45, 2.75) is 32.6 Å². The Bertz CT molecular complexity index is 729. The molecule has 0 radical (unpaired) electrons. The number of carbonyl (C=O) groups is 1. The highest BCUT2D eigenvalue weighted by Gasteiger charge is 2.26. The molecule has 1 aliphatic heterocycles. The molecule has 24 heavy (non-hydrogen) atoms. The maximum Gasteiger partial charge on any atom is 0.274 e. The van der Waals surface area contributed by atoms with Gasteiger partial charge in [-0.25, -0.2) is 13.8 Å². The summed E-state index contributed by atoms with van der Waals surface area (Å²) in [6.07, 6.45) is 5.08. The van der Waals surface area contributed by atoms with E-state index < -0.39 is 11.6 Å². The average molecular weight is 333 g/mol.